The Kier molecular flexibility index (Phi) is 3.83. The van der Waals surface area contributed by atoms with Crippen LogP contribution in [-0.2, 0) is 4.74 Å². The quantitative estimate of drug-likeness (QED) is 0.834. The molecule has 0 heterocycles. The van der Waals surface area contributed by atoms with Crippen LogP contribution in [0.4, 0.5) is 8.78 Å². The van der Waals surface area contributed by atoms with Crippen molar-refractivity contribution in [1.29, 1.82) is 0 Å². The molecule has 0 amide bonds. The molecule has 14 heavy (non-hydrogen) atoms. The van der Waals surface area contributed by atoms with Gasteiger partial charge in [0.15, 0.2) is 0 Å². The van der Waals surface area contributed by atoms with Gasteiger partial charge >= 0.3 is 6.11 Å². The van der Waals surface area contributed by atoms with E-state index >= 15 is 0 Å². The van der Waals surface area contributed by atoms with Crippen LogP contribution in [0.2, 0.25) is 0 Å². The lowest BCUT2D eigenvalue weighted by Gasteiger charge is -2.16. The van der Waals surface area contributed by atoms with Crippen LogP contribution in [0.15, 0.2) is 28.7 Å². The fraction of sp³-hybridized carbons (Fsp3) is 0.333. The molecule has 0 aliphatic carbocycles. The Morgan fingerprint density at radius 3 is 2.71 bits per heavy atom. The van der Waals surface area contributed by atoms with Crippen molar-refractivity contribution in [2.75, 3.05) is 13.7 Å². The average Bonchev–Trinajstić information content (AvgIpc) is 2.02. The summed E-state index contributed by atoms with van der Waals surface area (Å²) < 4.78 is 35.2. The summed E-state index contributed by atoms with van der Waals surface area (Å²) >= 11 is 3.15. The lowest BCUT2D eigenvalue weighted by molar-refractivity contribution is -0.206. The van der Waals surface area contributed by atoms with E-state index in [2.05, 4.69) is 25.4 Å². The second-order valence-corrected chi connectivity index (χ2v) is 3.55. The van der Waals surface area contributed by atoms with Crippen LogP contribution in [0.3, 0.4) is 0 Å². The van der Waals surface area contributed by atoms with Gasteiger partial charge in [-0.2, -0.15) is 8.78 Å². The van der Waals surface area contributed by atoms with Gasteiger partial charge in [-0.1, -0.05) is 22.0 Å². The molecule has 78 valence electrons. The van der Waals surface area contributed by atoms with Gasteiger partial charge in [-0.15, -0.1) is 0 Å². The predicted octanol–water partition coefficient (Wildman–Crippen LogP) is 3.07. The van der Waals surface area contributed by atoms with Crippen molar-refractivity contribution in [2.24, 2.45) is 0 Å². The molecule has 1 rings (SSSR count). The zero-order chi connectivity index (χ0) is 10.6. The van der Waals surface area contributed by atoms with Gasteiger partial charge in [-0.05, 0) is 18.2 Å². The molecule has 0 atom stereocenters. The van der Waals surface area contributed by atoms with Gasteiger partial charge in [-0.25, -0.2) is 0 Å². The van der Waals surface area contributed by atoms with Crippen molar-refractivity contribution < 1.29 is 18.3 Å². The van der Waals surface area contributed by atoms with Crippen molar-refractivity contribution in [3.63, 3.8) is 0 Å². The number of hydrogen-bond donors (Lipinski definition) is 0. The highest BCUT2D eigenvalue weighted by Crippen LogP contribution is 2.24. The zero-order valence-electron chi connectivity index (χ0n) is 7.47. The molecule has 1 aromatic rings. The lowest BCUT2D eigenvalue weighted by Crippen LogP contribution is -2.30. The average molecular weight is 267 g/mol. The SMILES string of the molecule is COCC(F)(F)Oc1cccc(Br)c1. The third kappa shape index (κ3) is 3.59. The maximum atomic E-state index is 12.9. The third-order valence-electron chi connectivity index (χ3n) is 1.38. The van der Waals surface area contributed by atoms with Crippen LogP contribution in [0.25, 0.3) is 0 Å². The van der Waals surface area contributed by atoms with E-state index in [1.165, 1.54) is 19.2 Å². The minimum Gasteiger partial charge on any atom is -0.431 e. The highest BCUT2D eigenvalue weighted by atomic mass is 79.9. The molecule has 0 radical (unpaired) electrons. The van der Waals surface area contributed by atoms with E-state index in [4.69, 9.17) is 0 Å². The first-order valence-corrected chi connectivity index (χ1v) is 4.64. The number of hydrogen-bond acceptors (Lipinski definition) is 2. The van der Waals surface area contributed by atoms with E-state index < -0.39 is 12.7 Å². The Hall–Kier alpha value is -0.680. The fourth-order valence-corrected chi connectivity index (χ4v) is 1.28. The smallest absolute Gasteiger partial charge is 0.421 e. The van der Waals surface area contributed by atoms with Crippen LogP contribution in [0.1, 0.15) is 0 Å². The summed E-state index contributed by atoms with van der Waals surface area (Å²) in [6.07, 6.45) is -3.30. The van der Waals surface area contributed by atoms with Crippen molar-refractivity contribution >= 4 is 15.9 Å². The van der Waals surface area contributed by atoms with Crippen molar-refractivity contribution in [3.05, 3.63) is 28.7 Å². The number of rotatable bonds is 4. The van der Waals surface area contributed by atoms with Gasteiger partial charge in [0.2, 0.25) is 0 Å². The fourth-order valence-electron chi connectivity index (χ4n) is 0.900. The molecule has 0 unspecified atom stereocenters. The largest absolute Gasteiger partial charge is 0.431 e. The van der Waals surface area contributed by atoms with E-state index in [1.54, 1.807) is 12.1 Å². The molecular formula is C9H9BrF2O2. The summed E-state index contributed by atoms with van der Waals surface area (Å²) in [7, 11) is 1.19. The van der Waals surface area contributed by atoms with Gasteiger partial charge < -0.3 is 9.47 Å². The number of benzene rings is 1. The Morgan fingerprint density at radius 2 is 2.14 bits per heavy atom. The molecule has 1 aromatic carbocycles. The summed E-state index contributed by atoms with van der Waals surface area (Å²) in [4.78, 5) is 0. The Morgan fingerprint density at radius 1 is 1.43 bits per heavy atom. The Labute approximate surface area is 89.0 Å². The minimum atomic E-state index is -3.30. The molecule has 2 nitrogen and oxygen atoms in total. The van der Waals surface area contributed by atoms with Crippen molar-refractivity contribution in [1.82, 2.24) is 0 Å². The molecular weight excluding hydrogens is 258 g/mol. The highest BCUT2D eigenvalue weighted by Gasteiger charge is 2.31. The zero-order valence-corrected chi connectivity index (χ0v) is 9.05. The lowest BCUT2D eigenvalue weighted by atomic mass is 10.3. The number of ether oxygens (including phenoxy) is 2. The first kappa shape index (κ1) is 11.4. The predicted molar refractivity (Wildman–Crippen MR) is 51.6 cm³/mol. The van der Waals surface area contributed by atoms with Crippen molar-refractivity contribution in [2.45, 2.75) is 6.11 Å². The van der Waals surface area contributed by atoms with Gasteiger partial charge in [-0.3, -0.25) is 0 Å². The molecule has 0 aromatic heterocycles. The van der Waals surface area contributed by atoms with Gasteiger partial charge in [0.25, 0.3) is 0 Å². The van der Waals surface area contributed by atoms with Crippen LogP contribution >= 0.6 is 15.9 Å². The van der Waals surface area contributed by atoms with E-state index in [1.807, 2.05) is 0 Å². The highest BCUT2D eigenvalue weighted by molar-refractivity contribution is 9.10. The Bertz CT molecular complexity index is 305. The van der Waals surface area contributed by atoms with E-state index in [0.29, 0.717) is 4.47 Å². The second-order valence-electron chi connectivity index (χ2n) is 2.63. The topological polar surface area (TPSA) is 18.5 Å². The molecule has 0 N–H and O–H groups in total. The second kappa shape index (κ2) is 4.70. The van der Waals surface area contributed by atoms with Crippen LogP contribution in [-0.4, -0.2) is 19.8 Å². The molecule has 0 fully saturated rings. The Balaban J connectivity index is 2.68. The van der Waals surface area contributed by atoms with E-state index in [-0.39, 0.29) is 5.75 Å². The summed E-state index contributed by atoms with van der Waals surface area (Å²) in [5, 5.41) is 0. The van der Waals surface area contributed by atoms with Gasteiger partial charge in [0, 0.05) is 11.6 Å². The van der Waals surface area contributed by atoms with Crippen LogP contribution < -0.4 is 4.74 Å². The summed E-state index contributed by atoms with van der Waals surface area (Å²) in [5.41, 5.74) is 0. The van der Waals surface area contributed by atoms with Crippen LogP contribution in [0.5, 0.6) is 5.75 Å². The molecule has 5 heteroatoms. The maximum Gasteiger partial charge on any atom is 0.421 e. The van der Waals surface area contributed by atoms with E-state index in [0.717, 1.165) is 0 Å². The van der Waals surface area contributed by atoms with Gasteiger partial charge in [0.1, 0.15) is 12.4 Å². The van der Waals surface area contributed by atoms with Crippen molar-refractivity contribution in [3.8, 4) is 5.75 Å². The summed E-state index contributed by atoms with van der Waals surface area (Å²) in [6, 6.07) is 6.25. The maximum absolute atomic E-state index is 12.9. The van der Waals surface area contributed by atoms with E-state index in [9.17, 15) is 8.78 Å². The van der Waals surface area contributed by atoms with Gasteiger partial charge in [0.05, 0.1) is 0 Å². The first-order valence-electron chi connectivity index (χ1n) is 3.85. The molecule has 0 aliphatic heterocycles. The van der Waals surface area contributed by atoms with Crippen LogP contribution in [0, 0.1) is 0 Å². The summed E-state index contributed by atoms with van der Waals surface area (Å²) in [6.45, 7) is -0.764. The third-order valence-corrected chi connectivity index (χ3v) is 1.87. The molecule has 0 aliphatic rings. The number of alkyl halides is 2. The molecule has 0 saturated carbocycles. The number of halogens is 3. The normalized spacial score (nSPS) is 11.4. The standard InChI is InChI=1S/C9H9BrF2O2/c1-13-6-9(11,12)14-8-4-2-3-7(10)5-8/h2-5H,6H2,1H3. The minimum absolute atomic E-state index is 0.0985. The summed E-state index contributed by atoms with van der Waals surface area (Å²) in [5.74, 6) is 0.0985. The molecule has 0 spiro atoms. The molecule has 0 saturated heterocycles. The molecule has 0 bridgehead atoms. The number of methoxy groups -OCH3 is 1. The first-order chi connectivity index (χ1) is 6.53. The monoisotopic (exact) mass is 266 g/mol.